The van der Waals surface area contributed by atoms with Crippen molar-refractivity contribution in [2.75, 3.05) is 21.3 Å². The van der Waals surface area contributed by atoms with Gasteiger partial charge in [0.1, 0.15) is 22.9 Å². The third kappa shape index (κ3) is 4.56. The molecule has 1 aromatic heterocycles. The molecule has 1 amide bonds. The SMILES string of the molecule is COc1cccc(C(=O)N(Cc2cc(-c3ccc(OC)cc3OC)on2)C(C)C)c1. The molecule has 158 valence electrons. The Morgan fingerprint density at radius 3 is 2.40 bits per heavy atom. The van der Waals surface area contributed by atoms with Crippen molar-refractivity contribution in [3.8, 4) is 28.6 Å². The number of aromatic nitrogens is 1. The zero-order valence-corrected chi connectivity index (χ0v) is 17.8. The molecule has 0 N–H and O–H groups in total. The summed E-state index contributed by atoms with van der Waals surface area (Å²) in [6, 6.07) is 14.4. The molecule has 0 aliphatic carbocycles. The zero-order valence-electron chi connectivity index (χ0n) is 17.8. The molecular formula is C23H26N2O5. The van der Waals surface area contributed by atoms with Crippen molar-refractivity contribution in [2.24, 2.45) is 0 Å². The Kier molecular flexibility index (Phi) is 6.61. The summed E-state index contributed by atoms with van der Waals surface area (Å²) in [5.74, 6) is 2.40. The maximum absolute atomic E-state index is 13.1. The summed E-state index contributed by atoms with van der Waals surface area (Å²) in [5, 5.41) is 4.16. The predicted octanol–water partition coefficient (Wildman–Crippen LogP) is 4.42. The number of rotatable bonds is 8. The van der Waals surface area contributed by atoms with Crippen molar-refractivity contribution in [3.63, 3.8) is 0 Å². The minimum atomic E-state index is -0.101. The van der Waals surface area contributed by atoms with Gasteiger partial charge >= 0.3 is 0 Å². The number of hydrogen-bond acceptors (Lipinski definition) is 6. The molecule has 0 atom stereocenters. The van der Waals surface area contributed by atoms with Crippen LogP contribution in [-0.4, -0.2) is 43.3 Å². The van der Waals surface area contributed by atoms with Gasteiger partial charge in [0.25, 0.3) is 5.91 Å². The first-order valence-electron chi connectivity index (χ1n) is 9.59. The van der Waals surface area contributed by atoms with E-state index in [1.54, 1.807) is 50.5 Å². The van der Waals surface area contributed by atoms with E-state index in [1.165, 1.54) is 0 Å². The van der Waals surface area contributed by atoms with Gasteiger partial charge in [0.15, 0.2) is 5.76 Å². The fourth-order valence-electron chi connectivity index (χ4n) is 3.10. The lowest BCUT2D eigenvalue weighted by Gasteiger charge is -2.26. The average Bonchev–Trinajstić information content (AvgIpc) is 3.24. The smallest absolute Gasteiger partial charge is 0.254 e. The van der Waals surface area contributed by atoms with Crippen molar-refractivity contribution in [3.05, 3.63) is 59.8 Å². The summed E-state index contributed by atoms with van der Waals surface area (Å²) < 4.78 is 21.5. The van der Waals surface area contributed by atoms with Gasteiger partial charge in [-0.15, -0.1) is 0 Å². The van der Waals surface area contributed by atoms with Crippen LogP contribution in [0.1, 0.15) is 29.9 Å². The lowest BCUT2D eigenvalue weighted by Crippen LogP contribution is -2.36. The second-order valence-corrected chi connectivity index (χ2v) is 7.01. The Labute approximate surface area is 176 Å². The van der Waals surface area contributed by atoms with Gasteiger partial charge in [-0.25, -0.2) is 0 Å². The third-order valence-corrected chi connectivity index (χ3v) is 4.77. The number of carbonyl (C=O) groups excluding carboxylic acids is 1. The highest BCUT2D eigenvalue weighted by Crippen LogP contribution is 2.34. The summed E-state index contributed by atoms with van der Waals surface area (Å²) in [6.45, 7) is 4.24. The Morgan fingerprint density at radius 1 is 1.00 bits per heavy atom. The third-order valence-electron chi connectivity index (χ3n) is 4.77. The summed E-state index contributed by atoms with van der Waals surface area (Å²) in [6.07, 6.45) is 0. The summed E-state index contributed by atoms with van der Waals surface area (Å²) >= 11 is 0. The van der Waals surface area contributed by atoms with E-state index in [2.05, 4.69) is 5.16 Å². The molecule has 2 aromatic carbocycles. The largest absolute Gasteiger partial charge is 0.497 e. The number of amides is 1. The Morgan fingerprint density at radius 2 is 1.73 bits per heavy atom. The Bertz CT molecular complexity index is 1010. The molecule has 3 rings (SSSR count). The maximum Gasteiger partial charge on any atom is 0.254 e. The fourth-order valence-corrected chi connectivity index (χ4v) is 3.10. The first-order chi connectivity index (χ1) is 14.5. The van der Waals surface area contributed by atoms with Gasteiger partial charge in [-0.3, -0.25) is 4.79 Å². The number of benzene rings is 2. The van der Waals surface area contributed by atoms with E-state index in [4.69, 9.17) is 18.7 Å². The number of ether oxygens (including phenoxy) is 3. The molecule has 0 fully saturated rings. The van der Waals surface area contributed by atoms with Crippen LogP contribution in [0.2, 0.25) is 0 Å². The molecule has 7 heteroatoms. The van der Waals surface area contributed by atoms with Crippen LogP contribution in [-0.2, 0) is 6.54 Å². The number of carbonyl (C=O) groups is 1. The van der Waals surface area contributed by atoms with Gasteiger partial charge in [-0.1, -0.05) is 11.2 Å². The molecule has 3 aromatic rings. The van der Waals surface area contributed by atoms with Gasteiger partial charge in [0, 0.05) is 23.7 Å². The zero-order chi connectivity index (χ0) is 21.7. The first kappa shape index (κ1) is 21.2. The van der Waals surface area contributed by atoms with Crippen molar-refractivity contribution < 1.29 is 23.5 Å². The molecule has 0 unspecified atom stereocenters. The average molecular weight is 410 g/mol. The quantitative estimate of drug-likeness (QED) is 0.547. The normalized spacial score (nSPS) is 10.7. The van der Waals surface area contributed by atoms with Crippen LogP contribution in [0.15, 0.2) is 53.1 Å². The van der Waals surface area contributed by atoms with Gasteiger partial charge in [-0.05, 0) is 44.2 Å². The lowest BCUT2D eigenvalue weighted by atomic mass is 10.1. The monoisotopic (exact) mass is 410 g/mol. The summed E-state index contributed by atoms with van der Waals surface area (Å²) in [7, 11) is 4.76. The second-order valence-electron chi connectivity index (χ2n) is 7.01. The van der Waals surface area contributed by atoms with Crippen molar-refractivity contribution in [1.29, 1.82) is 0 Å². The molecule has 1 heterocycles. The molecule has 0 aliphatic rings. The van der Waals surface area contributed by atoms with Crippen LogP contribution >= 0.6 is 0 Å². The van der Waals surface area contributed by atoms with E-state index < -0.39 is 0 Å². The van der Waals surface area contributed by atoms with Crippen LogP contribution in [0.25, 0.3) is 11.3 Å². The molecule has 0 saturated heterocycles. The second kappa shape index (κ2) is 9.35. The highest BCUT2D eigenvalue weighted by molar-refractivity contribution is 5.94. The molecule has 30 heavy (non-hydrogen) atoms. The minimum absolute atomic E-state index is 0.0284. The highest BCUT2D eigenvalue weighted by atomic mass is 16.5. The highest BCUT2D eigenvalue weighted by Gasteiger charge is 2.22. The summed E-state index contributed by atoms with van der Waals surface area (Å²) in [5.41, 5.74) is 1.96. The van der Waals surface area contributed by atoms with Crippen molar-refractivity contribution in [2.45, 2.75) is 26.4 Å². The molecule has 0 spiro atoms. The number of nitrogens with zero attached hydrogens (tertiary/aromatic N) is 2. The maximum atomic E-state index is 13.1. The van der Waals surface area contributed by atoms with Crippen LogP contribution in [0, 0.1) is 0 Å². The van der Waals surface area contributed by atoms with Crippen LogP contribution in [0.4, 0.5) is 0 Å². The Balaban J connectivity index is 1.84. The van der Waals surface area contributed by atoms with Gasteiger partial charge < -0.3 is 23.6 Å². The van der Waals surface area contributed by atoms with E-state index in [9.17, 15) is 4.79 Å². The van der Waals surface area contributed by atoms with Crippen molar-refractivity contribution >= 4 is 5.91 Å². The van der Waals surface area contributed by atoms with E-state index in [0.29, 0.717) is 40.8 Å². The number of methoxy groups -OCH3 is 3. The van der Waals surface area contributed by atoms with Gasteiger partial charge in [-0.2, -0.15) is 0 Å². The fraction of sp³-hybridized carbons (Fsp3) is 0.304. The van der Waals surface area contributed by atoms with E-state index in [0.717, 1.165) is 5.56 Å². The predicted molar refractivity (Wildman–Crippen MR) is 113 cm³/mol. The van der Waals surface area contributed by atoms with Crippen LogP contribution in [0.3, 0.4) is 0 Å². The Hall–Kier alpha value is -3.48. The molecule has 0 radical (unpaired) electrons. The van der Waals surface area contributed by atoms with Gasteiger partial charge in [0.05, 0.1) is 33.4 Å². The summed E-state index contributed by atoms with van der Waals surface area (Å²) in [4.78, 5) is 14.8. The van der Waals surface area contributed by atoms with E-state index in [-0.39, 0.29) is 11.9 Å². The minimum Gasteiger partial charge on any atom is -0.497 e. The molecular weight excluding hydrogens is 384 g/mol. The molecule has 0 bridgehead atoms. The van der Waals surface area contributed by atoms with Crippen molar-refractivity contribution in [1.82, 2.24) is 10.1 Å². The molecule has 7 nitrogen and oxygen atoms in total. The number of hydrogen-bond donors (Lipinski definition) is 0. The van der Waals surface area contributed by atoms with E-state index >= 15 is 0 Å². The molecule has 0 aliphatic heterocycles. The standard InChI is InChI=1S/C23H26N2O5/c1-15(2)25(23(26)16-7-6-8-18(11-16)27-3)14-17-12-22(30-24-17)20-10-9-19(28-4)13-21(20)29-5/h6-13,15H,14H2,1-5H3. The van der Waals surface area contributed by atoms with E-state index in [1.807, 2.05) is 38.1 Å². The lowest BCUT2D eigenvalue weighted by molar-refractivity contribution is 0.0685. The van der Waals surface area contributed by atoms with Gasteiger partial charge in [0.2, 0.25) is 0 Å². The molecule has 0 saturated carbocycles. The van der Waals surface area contributed by atoms with Crippen LogP contribution in [0.5, 0.6) is 17.2 Å². The first-order valence-corrected chi connectivity index (χ1v) is 9.59. The topological polar surface area (TPSA) is 74.0 Å². The van der Waals surface area contributed by atoms with Crippen LogP contribution < -0.4 is 14.2 Å².